The zero-order chi connectivity index (χ0) is 25.6. The van der Waals surface area contributed by atoms with Crippen LogP contribution in [0, 0.1) is 0 Å². The molecule has 7 nitrogen and oxygen atoms in total. The maximum absolute atomic E-state index is 13.2. The third-order valence-corrected chi connectivity index (χ3v) is 6.80. The summed E-state index contributed by atoms with van der Waals surface area (Å²) in [6.07, 6.45) is 0. The van der Waals surface area contributed by atoms with Crippen LogP contribution in [0.3, 0.4) is 0 Å². The number of carbonyl (C=O) groups excluding carboxylic acids is 1. The first-order chi connectivity index (χ1) is 18.1. The molecule has 1 aliphatic rings. The Morgan fingerprint density at radius 2 is 1.41 bits per heavy atom. The molecule has 5 rings (SSSR count). The molecule has 0 spiro atoms. The molecule has 0 bridgehead atoms. The molecule has 3 aromatic carbocycles. The zero-order valence-corrected chi connectivity index (χ0v) is 20.9. The lowest BCUT2D eigenvalue weighted by atomic mass is 9.96. The number of benzene rings is 3. The molecule has 7 heteroatoms. The van der Waals surface area contributed by atoms with Crippen LogP contribution in [0.4, 0.5) is 0 Å². The second-order valence-electron chi connectivity index (χ2n) is 9.08. The second kappa shape index (κ2) is 11.2. The largest absolute Gasteiger partial charge is 0.497 e. The van der Waals surface area contributed by atoms with Crippen molar-refractivity contribution in [3.05, 3.63) is 119 Å². The van der Waals surface area contributed by atoms with Crippen molar-refractivity contribution in [3.63, 3.8) is 0 Å². The van der Waals surface area contributed by atoms with Gasteiger partial charge in [-0.2, -0.15) is 5.10 Å². The number of hydrogen-bond donors (Lipinski definition) is 0. The van der Waals surface area contributed by atoms with Crippen LogP contribution < -0.4 is 10.3 Å². The van der Waals surface area contributed by atoms with Crippen molar-refractivity contribution in [2.45, 2.75) is 12.6 Å². The Bertz CT molecular complexity index is 1340. The van der Waals surface area contributed by atoms with Gasteiger partial charge in [0.1, 0.15) is 12.3 Å². The molecule has 0 saturated carbocycles. The molecule has 0 radical (unpaired) electrons. The molecule has 37 heavy (non-hydrogen) atoms. The van der Waals surface area contributed by atoms with Crippen LogP contribution in [0.2, 0.25) is 0 Å². The Labute approximate surface area is 216 Å². The van der Waals surface area contributed by atoms with Gasteiger partial charge in [0.25, 0.3) is 5.56 Å². The number of piperazine rings is 1. The fraction of sp³-hybridized carbons (Fsp3) is 0.233. The van der Waals surface area contributed by atoms with Crippen molar-refractivity contribution < 1.29 is 9.53 Å². The Morgan fingerprint density at radius 1 is 0.811 bits per heavy atom. The molecule has 1 amide bonds. The smallest absolute Gasteiger partial charge is 0.267 e. The quantitative estimate of drug-likeness (QED) is 0.390. The van der Waals surface area contributed by atoms with Gasteiger partial charge in [0.2, 0.25) is 5.91 Å². The Morgan fingerprint density at radius 3 is 1.97 bits per heavy atom. The van der Waals surface area contributed by atoms with E-state index in [9.17, 15) is 9.59 Å². The van der Waals surface area contributed by atoms with E-state index < -0.39 is 0 Å². The van der Waals surface area contributed by atoms with E-state index in [1.807, 2.05) is 41.3 Å². The van der Waals surface area contributed by atoms with E-state index in [2.05, 4.69) is 58.5 Å². The molecule has 1 saturated heterocycles. The summed E-state index contributed by atoms with van der Waals surface area (Å²) in [6, 6.07) is 31.7. The number of ether oxygens (including phenoxy) is 1. The van der Waals surface area contributed by atoms with Gasteiger partial charge in [-0.05, 0) is 41.5 Å². The van der Waals surface area contributed by atoms with Gasteiger partial charge >= 0.3 is 0 Å². The molecular formula is C30H30N4O3. The summed E-state index contributed by atoms with van der Waals surface area (Å²) in [5, 5.41) is 4.46. The summed E-state index contributed by atoms with van der Waals surface area (Å²) < 4.78 is 6.47. The number of carbonyl (C=O) groups is 1. The highest BCUT2D eigenvalue weighted by Gasteiger charge is 2.28. The first-order valence-corrected chi connectivity index (χ1v) is 12.5. The van der Waals surface area contributed by atoms with E-state index in [1.54, 1.807) is 13.2 Å². The predicted octanol–water partition coefficient (Wildman–Crippen LogP) is 3.85. The van der Waals surface area contributed by atoms with Gasteiger partial charge in [-0.25, -0.2) is 4.68 Å². The first-order valence-electron chi connectivity index (χ1n) is 12.5. The molecule has 0 unspecified atom stereocenters. The molecule has 0 atom stereocenters. The topological polar surface area (TPSA) is 67.7 Å². The number of aromatic nitrogens is 2. The van der Waals surface area contributed by atoms with E-state index in [-0.39, 0.29) is 24.1 Å². The van der Waals surface area contributed by atoms with Gasteiger partial charge < -0.3 is 9.64 Å². The highest BCUT2D eigenvalue weighted by molar-refractivity contribution is 5.76. The van der Waals surface area contributed by atoms with Gasteiger partial charge in [0, 0.05) is 37.8 Å². The summed E-state index contributed by atoms with van der Waals surface area (Å²) in [5.74, 6) is 0.644. The van der Waals surface area contributed by atoms with Gasteiger partial charge in [0.05, 0.1) is 18.8 Å². The third-order valence-electron chi connectivity index (χ3n) is 6.80. The molecule has 1 fully saturated rings. The summed E-state index contributed by atoms with van der Waals surface area (Å²) in [7, 11) is 1.61. The van der Waals surface area contributed by atoms with Crippen molar-refractivity contribution in [3.8, 4) is 17.0 Å². The number of nitrogens with zero attached hydrogens (tertiary/aromatic N) is 4. The van der Waals surface area contributed by atoms with Crippen molar-refractivity contribution >= 4 is 5.91 Å². The van der Waals surface area contributed by atoms with Crippen LogP contribution in [-0.2, 0) is 11.3 Å². The highest BCUT2D eigenvalue weighted by atomic mass is 16.5. The standard InChI is InChI=1S/C30H30N4O3/c1-37-26-14-12-23(13-15-26)27-16-17-28(35)34(31-27)22-29(36)32-18-20-33(21-19-32)30(24-8-4-2-5-9-24)25-10-6-3-7-11-25/h2-17,30H,18-22H2,1H3. The predicted molar refractivity (Wildman–Crippen MR) is 143 cm³/mol. The first kappa shape index (κ1) is 24.5. The molecule has 188 valence electrons. The monoisotopic (exact) mass is 494 g/mol. The minimum atomic E-state index is -0.294. The summed E-state index contributed by atoms with van der Waals surface area (Å²) in [4.78, 5) is 29.9. The lowest BCUT2D eigenvalue weighted by Gasteiger charge is -2.39. The second-order valence-corrected chi connectivity index (χ2v) is 9.08. The van der Waals surface area contributed by atoms with Crippen molar-refractivity contribution in [2.75, 3.05) is 33.3 Å². The Kier molecular flexibility index (Phi) is 7.42. The molecule has 1 aromatic heterocycles. The van der Waals surface area contributed by atoms with Gasteiger partial charge in [-0.3, -0.25) is 14.5 Å². The van der Waals surface area contributed by atoms with Crippen LogP contribution >= 0.6 is 0 Å². The van der Waals surface area contributed by atoms with Gasteiger partial charge in [-0.1, -0.05) is 60.7 Å². The average molecular weight is 495 g/mol. The van der Waals surface area contributed by atoms with E-state index in [4.69, 9.17) is 4.74 Å². The maximum atomic E-state index is 13.2. The molecular weight excluding hydrogens is 464 g/mol. The van der Waals surface area contributed by atoms with Crippen LogP contribution in [0.25, 0.3) is 11.3 Å². The molecule has 2 heterocycles. The van der Waals surface area contributed by atoms with Crippen LogP contribution in [-0.4, -0.2) is 58.8 Å². The minimum Gasteiger partial charge on any atom is -0.497 e. The maximum Gasteiger partial charge on any atom is 0.267 e. The summed E-state index contributed by atoms with van der Waals surface area (Å²) in [5.41, 5.74) is 3.66. The molecule has 0 aliphatic carbocycles. The van der Waals surface area contributed by atoms with E-state index >= 15 is 0 Å². The SMILES string of the molecule is COc1ccc(-c2ccc(=O)n(CC(=O)N3CCN(C(c4ccccc4)c4ccccc4)CC3)n2)cc1. The number of hydrogen-bond acceptors (Lipinski definition) is 5. The average Bonchev–Trinajstić information content (AvgIpc) is 2.96. The Hall–Kier alpha value is -4.23. The number of rotatable bonds is 7. The summed E-state index contributed by atoms with van der Waals surface area (Å²) >= 11 is 0. The Balaban J connectivity index is 1.27. The van der Waals surface area contributed by atoms with Crippen LogP contribution in [0.1, 0.15) is 17.2 Å². The van der Waals surface area contributed by atoms with E-state index in [0.29, 0.717) is 18.8 Å². The van der Waals surface area contributed by atoms with E-state index in [1.165, 1.54) is 21.9 Å². The molecule has 4 aromatic rings. The van der Waals surface area contributed by atoms with Gasteiger partial charge in [-0.15, -0.1) is 0 Å². The van der Waals surface area contributed by atoms with Crippen molar-refractivity contribution in [1.82, 2.24) is 19.6 Å². The number of amides is 1. The van der Waals surface area contributed by atoms with E-state index in [0.717, 1.165) is 24.4 Å². The molecule has 0 N–H and O–H groups in total. The van der Waals surface area contributed by atoms with Crippen LogP contribution in [0.15, 0.2) is 102 Å². The fourth-order valence-corrected chi connectivity index (χ4v) is 4.82. The van der Waals surface area contributed by atoms with Gasteiger partial charge in [0.15, 0.2) is 0 Å². The number of methoxy groups -OCH3 is 1. The van der Waals surface area contributed by atoms with Crippen molar-refractivity contribution in [1.29, 1.82) is 0 Å². The lowest BCUT2D eigenvalue weighted by Crippen LogP contribution is -2.51. The minimum absolute atomic E-state index is 0.0797. The summed E-state index contributed by atoms with van der Waals surface area (Å²) in [6.45, 7) is 2.61. The lowest BCUT2D eigenvalue weighted by molar-refractivity contribution is -0.134. The zero-order valence-electron chi connectivity index (χ0n) is 20.9. The highest BCUT2D eigenvalue weighted by Crippen LogP contribution is 2.29. The fourth-order valence-electron chi connectivity index (χ4n) is 4.82. The van der Waals surface area contributed by atoms with Crippen molar-refractivity contribution in [2.24, 2.45) is 0 Å². The molecule has 1 aliphatic heterocycles. The third kappa shape index (κ3) is 5.62. The van der Waals surface area contributed by atoms with Crippen LogP contribution in [0.5, 0.6) is 5.75 Å². The normalized spacial score (nSPS) is 14.1.